The fourth-order valence-electron chi connectivity index (χ4n) is 1.76. The zero-order valence-corrected chi connectivity index (χ0v) is 12.6. The van der Waals surface area contributed by atoms with Gasteiger partial charge in [0.05, 0.1) is 4.88 Å². The second-order valence-corrected chi connectivity index (χ2v) is 5.50. The molecule has 0 saturated heterocycles. The summed E-state index contributed by atoms with van der Waals surface area (Å²) in [5, 5.41) is 7.42. The number of nitrogens with zero attached hydrogens (tertiary/aromatic N) is 1. The van der Waals surface area contributed by atoms with Crippen LogP contribution in [0.1, 0.15) is 28.1 Å². The minimum Gasteiger partial charge on any atom is -0.351 e. The van der Waals surface area contributed by atoms with Crippen molar-refractivity contribution >= 4 is 29.0 Å². The quantitative estimate of drug-likeness (QED) is 0.806. The monoisotopic (exact) mass is 303 g/mol. The van der Waals surface area contributed by atoms with Gasteiger partial charge in [-0.15, -0.1) is 11.3 Å². The molecule has 6 heteroatoms. The van der Waals surface area contributed by atoms with Crippen molar-refractivity contribution in [3.05, 3.63) is 46.3 Å². The van der Waals surface area contributed by atoms with E-state index >= 15 is 0 Å². The van der Waals surface area contributed by atoms with E-state index in [0.717, 1.165) is 5.56 Å². The van der Waals surface area contributed by atoms with Gasteiger partial charge in [0.2, 0.25) is 5.91 Å². The van der Waals surface area contributed by atoms with Gasteiger partial charge < -0.3 is 10.6 Å². The standard InChI is InChI=1S/C15H17N3O2S/c1-11-5-2-8-16-14(11)18-13(19)7-3-9-17-15(20)12-6-4-10-21-12/h2,4-6,8,10H,3,7,9H2,1H3,(H,17,20)(H,16,18,19). The molecule has 0 aromatic carbocycles. The van der Waals surface area contributed by atoms with Crippen molar-refractivity contribution in [1.29, 1.82) is 0 Å². The van der Waals surface area contributed by atoms with Gasteiger partial charge in [-0.1, -0.05) is 12.1 Å². The van der Waals surface area contributed by atoms with Crippen molar-refractivity contribution in [2.75, 3.05) is 11.9 Å². The molecular weight excluding hydrogens is 286 g/mol. The topological polar surface area (TPSA) is 71.1 Å². The van der Waals surface area contributed by atoms with Gasteiger partial charge in [0.1, 0.15) is 5.82 Å². The van der Waals surface area contributed by atoms with Gasteiger partial charge in [-0.3, -0.25) is 9.59 Å². The average molecular weight is 303 g/mol. The molecule has 0 aliphatic rings. The zero-order valence-electron chi connectivity index (χ0n) is 11.8. The third kappa shape index (κ3) is 4.68. The first-order chi connectivity index (χ1) is 10.2. The van der Waals surface area contributed by atoms with E-state index in [2.05, 4.69) is 15.6 Å². The Balaban J connectivity index is 1.68. The maximum Gasteiger partial charge on any atom is 0.261 e. The number of nitrogens with one attached hydrogen (secondary N) is 2. The van der Waals surface area contributed by atoms with Gasteiger partial charge in [0.25, 0.3) is 5.91 Å². The van der Waals surface area contributed by atoms with Crippen LogP contribution in [0.5, 0.6) is 0 Å². The minimum absolute atomic E-state index is 0.0917. The highest BCUT2D eigenvalue weighted by Crippen LogP contribution is 2.10. The highest BCUT2D eigenvalue weighted by molar-refractivity contribution is 7.12. The van der Waals surface area contributed by atoms with Crippen molar-refractivity contribution in [2.45, 2.75) is 19.8 Å². The number of rotatable bonds is 6. The highest BCUT2D eigenvalue weighted by atomic mass is 32.1. The van der Waals surface area contributed by atoms with Crippen molar-refractivity contribution in [1.82, 2.24) is 10.3 Å². The number of amides is 2. The largest absolute Gasteiger partial charge is 0.351 e. The molecular formula is C15H17N3O2S. The predicted molar refractivity (Wildman–Crippen MR) is 83.5 cm³/mol. The summed E-state index contributed by atoms with van der Waals surface area (Å²) < 4.78 is 0. The Bertz CT molecular complexity index is 611. The van der Waals surface area contributed by atoms with Crippen LogP contribution in [0, 0.1) is 6.92 Å². The van der Waals surface area contributed by atoms with Gasteiger partial charge in [0.15, 0.2) is 0 Å². The normalized spacial score (nSPS) is 10.1. The van der Waals surface area contributed by atoms with Gasteiger partial charge in [-0.25, -0.2) is 4.98 Å². The second-order valence-electron chi connectivity index (χ2n) is 4.55. The number of anilines is 1. The Morgan fingerprint density at radius 2 is 2.14 bits per heavy atom. The predicted octanol–water partition coefficient (Wildman–Crippen LogP) is 2.60. The number of hydrogen-bond donors (Lipinski definition) is 2. The molecule has 0 bridgehead atoms. The summed E-state index contributed by atoms with van der Waals surface area (Å²) in [6.07, 6.45) is 2.58. The molecule has 2 heterocycles. The Kier molecular flexibility index (Phi) is 5.45. The first-order valence-electron chi connectivity index (χ1n) is 6.70. The Morgan fingerprint density at radius 3 is 2.86 bits per heavy atom. The zero-order chi connectivity index (χ0) is 15.1. The summed E-state index contributed by atoms with van der Waals surface area (Å²) in [7, 11) is 0. The molecule has 2 rings (SSSR count). The molecule has 0 saturated carbocycles. The molecule has 110 valence electrons. The van der Waals surface area contributed by atoms with E-state index in [-0.39, 0.29) is 11.8 Å². The van der Waals surface area contributed by atoms with E-state index in [1.54, 1.807) is 12.3 Å². The summed E-state index contributed by atoms with van der Waals surface area (Å²) in [6.45, 7) is 2.37. The fraction of sp³-hybridized carbons (Fsp3) is 0.267. The molecule has 0 radical (unpaired) electrons. The number of carbonyl (C=O) groups excluding carboxylic acids is 2. The molecule has 0 spiro atoms. The van der Waals surface area contributed by atoms with E-state index in [1.165, 1.54) is 11.3 Å². The van der Waals surface area contributed by atoms with Crippen LogP contribution < -0.4 is 10.6 Å². The van der Waals surface area contributed by atoms with Crippen molar-refractivity contribution in [3.63, 3.8) is 0 Å². The molecule has 2 aromatic heterocycles. The van der Waals surface area contributed by atoms with Crippen molar-refractivity contribution in [2.24, 2.45) is 0 Å². The molecule has 21 heavy (non-hydrogen) atoms. The molecule has 2 N–H and O–H groups in total. The number of pyridine rings is 1. The third-order valence-corrected chi connectivity index (χ3v) is 3.75. The lowest BCUT2D eigenvalue weighted by Crippen LogP contribution is -2.24. The Labute approximate surface area is 127 Å². The molecule has 0 unspecified atom stereocenters. The lowest BCUT2D eigenvalue weighted by molar-refractivity contribution is -0.116. The number of hydrogen-bond acceptors (Lipinski definition) is 4. The van der Waals surface area contributed by atoms with Crippen LogP contribution in [0.25, 0.3) is 0 Å². The number of carbonyl (C=O) groups is 2. The smallest absolute Gasteiger partial charge is 0.261 e. The number of thiophene rings is 1. The first kappa shape index (κ1) is 15.2. The van der Waals surface area contributed by atoms with Crippen LogP contribution in [0.15, 0.2) is 35.8 Å². The van der Waals surface area contributed by atoms with Crippen molar-refractivity contribution in [3.8, 4) is 0 Å². The number of aromatic nitrogens is 1. The van der Waals surface area contributed by atoms with E-state index in [0.29, 0.717) is 30.1 Å². The number of aryl methyl sites for hydroxylation is 1. The maximum atomic E-state index is 11.8. The van der Waals surface area contributed by atoms with Crippen LogP contribution in [-0.2, 0) is 4.79 Å². The van der Waals surface area contributed by atoms with Crippen LogP contribution >= 0.6 is 11.3 Å². The molecule has 2 amide bonds. The van der Waals surface area contributed by atoms with E-state index < -0.39 is 0 Å². The van der Waals surface area contributed by atoms with E-state index in [9.17, 15) is 9.59 Å². The van der Waals surface area contributed by atoms with E-state index in [4.69, 9.17) is 0 Å². The summed E-state index contributed by atoms with van der Waals surface area (Å²) >= 11 is 1.40. The molecule has 0 fully saturated rings. The summed E-state index contributed by atoms with van der Waals surface area (Å²) in [5.74, 6) is 0.401. The SMILES string of the molecule is Cc1cccnc1NC(=O)CCCNC(=O)c1cccs1. The lowest BCUT2D eigenvalue weighted by Gasteiger charge is -2.07. The van der Waals surface area contributed by atoms with Gasteiger partial charge in [-0.2, -0.15) is 0 Å². The van der Waals surface area contributed by atoms with Crippen LogP contribution in [-0.4, -0.2) is 23.3 Å². The molecule has 2 aromatic rings. The third-order valence-electron chi connectivity index (χ3n) is 2.88. The maximum absolute atomic E-state index is 11.8. The summed E-state index contributed by atoms with van der Waals surface area (Å²) in [4.78, 5) is 28.2. The Morgan fingerprint density at radius 1 is 1.29 bits per heavy atom. The van der Waals surface area contributed by atoms with Crippen LogP contribution in [0.4, 0.5) is 5.82 Å². The first-order valence-corrected chi connectivity index (χ1v) is 7.58. The summed E-state index contributed by atoms with van der Waals surface area (Å²) in [6, 6.07) is 7.33. The molecule has 0 atom stereocenters. The van der Waals surface area contributed by atoms with Gasteiger partial charge in [-0.05, 0) is 36.4 Å². The van der Waals surface area contributed by atoms with Gasteiger partial charge in [0, 0.05) is 19.2 Å². The highest BCUT2D eigenvalue weighted by Gasteiger charge is 2.07. The summed E-state index contributed by atoms with van der Waals surface area (Å²) in [5.41, 5.74) is 0.928. The molecule has 0 aliphatic carbocycles. The van der Waals surface area contributed by atoms with Crippen LogP contribution in [0.3, 0.4) is 0 Å². The molecule has 5 nitrogen and oxygen atoms in total. The Hall–Kier alpha value is -2.21. The average Bonchev–Trinajstić information content (AvgIpc) is 3.00. The second kappa shape index (κ2) is 7.54. The molecule has 0 aliphatic heterocycles. The van der Waals surface area contributed by atoms with Gasteiger partial charge >= 0.3 is 0 Å². The van der Waals surface area contributed by atoms with E-state index in [1.807, 2.05) is 30.5 Å². The lowest BCUT2D eigenvalue weighted by atomic mass is 10.2. The fourth-order valence-corrected chi connectivity index (χ4v) is 2.40. The van der Waals surface area contributed by atoms with Crippen LogP contribution in [0.2, 0.25) is 0 Å². The minimum atomic E-state index is -0.0952. The van der Waals surface area contributed by atoms with Crippen molar-refractivity contribution < 1.29 is 9.59 Å².